The quantitative estimate of drug-likeness (QED) is 0.839. The maximum absolute atomic E-state index is 13.2. The predicted octanol–water partition coefficient (Wildman–Crippen LogP) is 3.36. The van der Waals surface area contributed by atoms with Crippen molar-refractivity contribution in [2.24, 2.45) is 5.92 Å². The predicted molar refractivity (Wildman–Crippen MR) is 100.0 cm³/mol. The minimum absolute atomic E-state index is 0.0391. The monoisotopic (exact) mass is 351 g/mol. The molecule has 2 N–H and O–H groups in total. The first-order valence-electron chi connectivity index (χ1n) is 9.31. The normalized spacial score (nSPS) is 24.2. The molecule has 4 rings (SSSR count). The first-order chi connectivity index (χ1) is 12.6. The zero-order valence-corrected chi connectivity index (χ0v) is 15.0. The van der Waals surface area contributed by atoms with E-state index < -0.39 is 5.41 Å². The van der Waals surface area contributed by atoms with Crippen LogP contribution in [0.1, 0.15) is 42.9 Å². The zero-order valence-electron chi connectivity index (χ0n) is 15.0. The summed E-state index contributed by atoms with van der Waals surface area (Å²) in [5.74, 6) is 1.19. The van der Waals surface area contributed by atoms with Crippen molar-refractivity contribution in [2.75, 3.05) is 7.11 Å². The Morgan fingerprint density at radius 2 is 1.77 bits per heavy atom. The van der Waals surface area contributed by atoms with Gasteiger partial charge in [0, 0.05) is 0 Å². The lowest BCUT2D eigenvalue weighted by Crippen LogP contribution is -2.44. The van der Waals surface area contributed by atoms with Gasteiger partial charge in [0.15, 0.2) is 0 Å². The van der Waals surface area contributed by atoms with Crippen molar-refractivity contribution in [1.82, 2.24) is 5.32 Å². The van der Waals surface area contributed by atoms with E-state index >= 15 is 0 Å². The lowest BCUT2D eigenvalue weighted by atomic mass is 9.74. The van der Waals surface area contributed by atoms with E-state index in [4.69, 9.17) is 4.74 Å². The summed E-state index contributed by atoms with van der Waals surface area (Å²) in [6, 6.07) is 17.9. The molecular weight excluding hydrogens is 326 g/mol. The summed E-state index contributed by atoms with van der Waals surface area (Å²) in [6.07, 6.45) is 3.00. The highest BCUT2D eigenvalue weighted by Gasteiger charge is 2.52. The third kappa shape index (κ3) is 3.10. The molecular formula is C22H25NO3. The van der Waals surface area contributed by atoms with Crippen LogP contribution < -0.4 is 10.1 Å². The van der Waals surface area contributed by atoms with Crippen LogP contribution in [0.15, 0.2) is 54.6 Å². The molecule has 0 saturated heterocycles. The average Bonchev–Trinajstić information content (AvgIpc) is 3.46. The third-order valence-electron chi connectivity index (χ3n) is 5.89. The van der Waals surface area contributed by atoms with Crippen LogP contribution in [0.4, 0.5) is 0 Å². The molecule has 0 spiro atoms. The number of hydrogen-bond acceptors (Lipinski definition) is 3. The Kier molecular flexibility index (Phi) is 4.45. The number of rotatable bonds is 6. The molecule has 26 heavy (non-hydrogen) atoms. The van der Waals surface area contributed by atoms with Gasteiger partial charge in [-0.3, -0.25) is 4.79 Å². The second-order valence-electron chi connectivity index (χ2n) is 7.56. The second-order valence-corrected chi connectivity index (χ2v) is 7.56. The Hall–Kier alpha value is -2.33. The maximum atomic E-state index is 13.2. The van der Waals surface area contributed by atoms with Crippen molar-refractivity contribution in [3.05, 3.63) is 65.7 Å². The van der Waals surface area contributed by atoms with E-state index in [1.54, 1.807) is 7.11 Å². The first kappa shape index (κ1) is 17.1. The molecule has 2 aromatic rings. The highest BCUT2D eigenvalue weighted by molar-refractivity contribution is 5.91. The number of benzene rings is 2. The number of amides is 1. The van der Waals surface area contributed by atoms with Gasteiger partial charge in [0.05, 0.1) is 24.7 Å². The molecule has 1 atom stereocenters. The minimum Gasteiger partial charge on any atom is -0.497 e. The summed E-state index contributed by atoms with van der Waals surface area (Å²) in [6.45, 7) is 0. The number of methoxy groups -OCH3 is 1. The van der Waals surface area contributed by atoms with E-state index in [-0.39, 0.29) is 18.1 Å². The molecule has 2 saturated carbocycles. The van der Waals surface area contributed by atoms with Crippen LogP contribution in [-0.2, 0) is 10.2 Å². The van der Waals surface area contributed by atoms with Gasteiger partial charge in [-0.25, -0.2) is 0 Å². The topological polar surface area (TPSA) is 58.6 Å². The van der Waals surface area contributed by atoms with Crippen LogP contribution >= 0.6 is 0 Å². The number of hydrogen-bond donors (Lipinski definition) is 2. The summed E-state index contributed by atoms with van der Waals surface area (Å²) in [5, 5.41) is 13.0. The number of carbonyl (C=O) groups excluding carboxylic acids is 1. The molecule has 1 amide bonds. The summed E-state index contributed by atoms with van der Waals surface area (Å²) in [4.78, 5) is 13.2. The van der Waals surface area contributed by atoms with Gasteiger partial charge in [-0.15, -0.1) is 0 Å². The molecule has 0 unspecified atom stereocenters. The van der Waals surface area contributed by atoms with Crippen LogP contribution in [-0.4, -0.2) is 24.2 Å². The zero-order chi connectivity index (χ0) is 18.1. The third-order valence-corrected chi connectivity index (χ3v) is 5.89. The molecule has 0 heterocycles. The number of aliphatic hydroxyl groups is 1. The van der Waals surface area contributed by atoms with Crippen LogP contribution in [0.25, 0.3) is 0 Å². The molecule has 0 bridgehead atoms. The molecule has 2 fully saturated rings. The highest BCUT2D eigenvalue weighted by Crippen LogP contribution is 2.49. The summed E-state index contributed by atoms with van der Waals surface area (Å²) in [7, 11) is 1.64. The minimum atomic E-state index is -0.415. The SMILES string of the molecule is COc1ccc(C2(C(=O)N[C@@H](c3ccccc3)C3CC(O)C3)CC2)cc1. The van der Waals surface area contributed by atoms with Crippen molar-refractivity contribution in [1.29, 1.82) is 0 Å². The van der Waals surface area contributed by atoms with Gasteiger partial charge >= 0.3 is 0 Å². The Morgan fingerprint density at radius 3 is 2.31 bits per heavy atom. The molecule has 2 aliphatic rings. The summed E-state index contributed by atoms with van der Waals surface area (Å²) in [5.41, 5.74) is 1.75. The van der Waals surface area contributed by atoms with Crippen LogP contribution in [0.5, 0.6) is 5.75 Å². The van der Waals surface area contributed by atoms with Crippen molar-refractivity contribution in [3.8, 4) is 5.75 Å². The summed E-state index contributed by atoms with van der Waals surface area (Å²) < 4.78 is 5.22. The average molecular weight is 351 g/mol. The van der Waals surface area contributed by atoms with Gasteiger partial charge in [0.1, 0.15) is 5.75 Å². The Morgan fingerprint density at radius 1 is 1.12 bits per heavy atom. The van der Waals surface area contributed by atoms with Gasteiger partial charge in [-0.2, -0.15) is 0 Å². The van der Waals surface area contributed by atoms with E-state index in [0.29, 0.717) is 5.92 Å². The maximum Gasteiger partial charge on any atom is 0.231 e. The molecule has 136 valence electrons. The van der Waals surface area contributed by atoms with Crippen molar-refractivity contribution < 1.29 is 14.6 Å². The number of aliphatic hydroxyl groups excluding tert-OH is 1. The number of carbonyl (C=O) groups is 1. The molecule has 0 aromatic heterocycles. The Bertz CT molecular complexity index is 762. The van der Waals surface area contributed by atoms with Gasteiger partial charge in [0.25, 0.3) is 0 Å². The highest BCUT2D eigenvalue weighted by atomic mass is 16.5. The van der Waals surface area contributed by atoms with Gasteiger partial charge < -0.3 is 15.2 Å². The molecule has 4 nitrogen and oxygen atoms in total. The van der Waals surface area contributed by atoms with Crippen LogP contribution in [0.3, 0.4) is 0 Å². The lowest BCUT2D eigenvalue weighted by molar-refractivity contribution is -0.125. The lowest BCUT2D eigenvalue weighted by Gasteiger charge is -2.39. The molecule has 0 radical (unpaired) electrons. The number of nitrogens with one attached hydrogen (secondary N) is 1. The largest absolute Gasteiger partial charge is 0.497 e. The first-order valence-corrected chi connectivity index (χ1v) is 9.31. The second kappa shape index (κ2) is 6.76. The molecule has 2 aliphatic carbocycles. The van der Waals surface area contributed by atoms with Crippen molar-refractivity contribution in [2.45, 2.75) is 43.2 Å². The molecule has 2 aromatic carbocycles. The molecule has 0 aliphatic heterocycles. The fourth-order valence-electron chi connectivity index (χ4n) is 4.00. The van der Waals surface area contributed by atoms with E-state index in [2.05, 4.69) is 17.4 Å². The fraction of sp³-hybridized carbons (Fsp3) is 0.409. The van der Waals surface area contributed by atoms with Gasteiger partial charge in [-0.05, 0) is 54.9 Å². The van der Waals surface area contributed by atoms with Gasteiger partial charge in [0.2, 0.25) is 5.91 Å². The van der Waals surface area contributed by atoms with Crippen LogP contribution in [0, 0.1) is 5.92 Å². The van der Waals surface area contributed by atoms with E-state index in [1.807, 2.05) is 42.5 Å². The Balaban J connectivity index is 1.54. The Labute approximate surface area is 154 Å². The molecule has 4 heteroatoms. The smallest absolute Gasteiger partial charge is 0.231 e. The van der Waals surface area contributed by atoms with E-state index in [9.17, 15) is 9.90 Å². The fourth-order valence-corrected chi connectivity index (χ4v) is 4.00. The standard InChI is InChI=1S/C22H25NO3/c1-26-19-9-7-17(8-10-19)22(11-12-22)21(25)23-20(16-13-18(24)14-16)15-5-3-2-4-6-15/h2-10,16,18,20,24H,11-14H2,1H3,(H,23,25)/t16?,18?,20-/m0/s1. The van der Waals surface area contributed by atoms with Gasteiger partial charge in [-0.1, -0.05) is 42.5 Å². The summed E-state index contributed by atoms with van der Waals surface area (Å²) >= 11 is 0. The van der Waals surface area contributed by atoms with E-state index in [1.165, 1.54) is 0 Å². The van der Waals surface area contributed by atoms with E-state index in [0.717, 1.165) is 42.6 Å². The van der Waals surface area contributed by atoms with Crippen molar-refractivity contribution >= 4 is 5.91 Å². The van der Waals surface area contributed by atoms with Crippen LogP contribution in [0.2, 0.25) is 0 Å². The number of ether oxygens (including phenoxy) is 1. The van der Waals surface area contributed by atoms with Crippen molar-refractivity contribution in [3.63, 3.8) is 0 Å².